The summed E-state index contributed by atoms with van der Waals surface area (Å²) in [5.74, 6) is -2.74. The van der Waals surface area contributed by atoms with Gasteiger partial charge in [-0.25, -0.2) is 17.6 Å². The molecular weight excluding hydrogens is 1020 g/mol. The number of aromatic nitrogens is 3. The van der Waals surface area contributed by atoms with E-state index >= 15 is 17.6 Å². The monoisotopic (exact) mass is 1060 g/mol. The first-order valence-corrected chi connectivity index (χ1v) is 27.8. The Balaban J connectivity index is 1.10. The van der Waals surface area contributed by atoms with Crippen molar-refractivity contribution in [2.45, 2.75) is 23.0 Å². The van der Waals surface area contributed by atoms with Crippen LogP contribution in [0.2, 0.25) is 0 Å². The first-order valence-electron chi connectivity index (χ1n) is 27.8. The minimum Gasteiger partial charge on any atom is -0.207 e. The van der Waals surface area contributed by atoms with Crippen LogP contribution in [0.15, 0.2) is 250 Å². The third-order valence-electron chi connectivity index (χ3n) is 19.0. The second-order valence-corrected chi connectivity index (χ2v) is 22.8. The second-order valence-electron chi connectivity index (χ2n) is 22.8. The molecule has 3 aromatic heterocycles. The highest BCUT2D eigenvalue weighted by molar-refractivity contribution is 6.05. The van der Waals surface area contributed by atoms with E-state index in [4.69, 9.17) is 6.58 Å². The van der Waals surface area contributed by atoms with Gasteiger partial charge in [0.2, 0.25) is 33.7 Å². The highest BCUT2D eigenvalue weighted by Gasteiger charge is 2.65. The van der Waals surface area contributed by atoms with Gasteiger partial charge in [0.25, 0.3) is 0 Å². The summed E-state index contributed by atoms with van der Waals surface area (Å²) in [6.07, 6.45) is 13.7. The van der Waals surface area contributed by atoms with E-state index in [0.717, 1.165) is 124 Å². The summed E-state index contributed by atoms with van der Waals surface area (Å²) in [7, 11) is 0. The number of hydrogen-bond donors (Lipinski definition) is 0. The quantitative estimate of drug-likeness (QED) is 0.121. The normalized spacial score (nSPS) is 21.7. The predicted molar refractivity (Wildman–Crippen MR) is 313 cm³/mol. The molecule has 6 aliphatic heterocycles. The third kappa shape index (κ3) is 5.67. The van der Waals surface area contributed by atoms with Gasteiger partial charge in [0.15, 0.2) is 18.6 Å². The Kier molecular flexibility index (Phi) is 8.83. The lowest BCUT2D eigenvalue weighted by Gasteiger charge is -2.41. The summed E-state index contributed by atoms with van der Waals surface area (Å²) >= 11 is 0. The fourth-order valence-electron chi connectivity index (χ4n) is 15.6. The molecule has 7 aliphatic rings. The Morgan fingerprint density at radius 3 is 1.55 bits per heavy atom. The predicted octanol–water partition coefficient (Wildman–Crippen LogP) is 16.1. The maximum Gasteiger partial charge on any atom is 0.240 e. The number of halogens is 4. The summed E-state index contributed by atoms with van der Waals surface area (Å²) in [5, 5.41) is 0. The molecule has 3 atom stereocenters. The van der Waals surface area contributed by atoms with Gasteiger partial charge in [0.1, 0.15) is 23.3 Å². The smallest absolute Gasteiger partial charge is 0.207 e. The Morgan fingerprint density at radius 2 is 0.841 bits per heavy atom. The van der Waals surface area contributed by atoms with Crippen molar-refractivity contribution in [3.8, 4) is 89.4 Å². The SMILES string of the molecule is C=C1c2ccccc2-c2cc(-c3ccc(-c4ccccc4)cc3)c3c[n+]2C12/C=C(/c1ccccc1-3)C13/C=C(/c4ccccc4-c4ccc([n+]1c4)-c1c(F)cc(F)cc13)C13/C=C\2c2ccccc2-c2ccc([n+]1c2)-c1c(F)cc(F)cc1C3. The highest BCUT2D eigenvalue weighted by atomic mass is 19.1. The molecule has 8 aromatic carbocycles. The van der Waals surface area contributed by atoms with E-state index in [0.29, 0.717) is 28.1 Å². The molecule has 3 spiro atoms. The van der Waals surface area contributed by atoms with Crippen molar-refractivity contribution in [3.63, 3.8) is 0 Å². The zero-order chi connectivity index (χ0) is 54.5. The van der Waals surface area contributed by atoms with Crippen LogP contribution in [0.4, 0.5) is 17.6 Å². The lowest BCUT2D eigenvalue weighted by Crippen LogP contribution is -2.63. The van der Waals surface area contributed by atoms with Crippen molar-refractivity contribution in [2.75, 3.05) is 0 Å². The Morgan fingerprint density at radius 1 is 0.341 bits per heavy atom. The zero-order valence-electron chi connectivity index (χ0n) is 43.9. The van der Waals surface area contributed by atoms with Gasteiger partial charge < -0.3 is 0 Å². The number of benzene rings is 8. The van der Waals surface area contributed by atoms with Crippen molar-refractivity contribution >= 4 is 22.3 Å². The fourth-order valence-corrected chi connectivity index (χ4v) is 15.6. The maximum atomic E-state index is 17.7. The lowest BCUT2D eigenvalue weighted by molar-refractivity contribution is -0.730. The van der Waals surface area contributed by atoms with E-state index in [1.54, 1.807) is 0 Å². The fraction of sp³-hybridized carbons (Fsp3) is 0.0533. The number of hydrogen-bond acceptors (Lipinski definition) is 0. The lowest BCUT2D eigenvalue weighted by atomic mass is 9.65. The molecule has 11 aromatic rings. The van der Waals surface area contributed by atoms with Gasteiger partial charge in [-0.2, -0.15) is 13.7 Å². The third-order valence-corrected chi connectivity index (χ3v) is 19.0. The molecule has 12 bridgehead atoms. The van der Waals surface area contributed by atoms with E-state index in [1.807, 2.05) is 36.4 Å². The van der Waals surface area contributed by atoms with Crippen LogP contribution in [0.3, 0.4) is 0 Å². The van der Waals surface area contributed by atoms with Crippen molar-refractivity contribution in [2.24, 2.45) is 0 Å². The van der Waals surface area contributed by atoms with Gasteiger partial charge >= 0.3 is 0 Å². The molecule has 1 aliphatic carbocycles. The number of pyridine rings is 3. The molecule has 82 heavy (non-hydrogen) atoms. The number of nitrogens with zero attached hydrogens (tertiary/aromatic N) is 3. The molecule has 3 nitrogen and oxygen atoms in total. The van der Waals surface area contributed by atoms with Crippen LogP contribution in [0.25, 0.3) is 112 Å². The van der Waals surface area contributed by atoms with Gasteiger partial charge in [0, 0.05) is 94.0 Å². The van der Waals surface area contributed by atoms with Crippen LogP contribution in [-0.4, -0.2) is 0 Å². The number of fused-ring (bicyclic) bond motifs is 18. The molecule has 3 unspecified atom stereocenters. The molecule has 18 rings (SSSR count). The van der Waals surface area contributed by atoms with Crippen molar-refractivity contribution in [3.05, 3.63) is 306 Å². The standard InChI is InChI=1S/C75H44F4N3/c1-43-52-15-5-12-22-59(52)70-35-60(46-25-23-45(24-26-46)44-13-3-2-4-14-44)61-42-82(70)74(43)39-65(58-21-11-8-18-55(58)61)75-38-63(56-19-9-6-16-53(56)48-28-30-69(81(75)41-48)72-62(75)32-51(77)34-67(72)79)73-36-49-31-50(76)33-66(78)71(49)68-29-27-47(40-80(68)73)54-17-7-10-20-57(54)64(74)37-73/h2-35,37-42H,1,36H2/q+3/b63-38-,64-37-,65-39-. The van der Waals surface area contributed by atoms with Crippen LogP contribution in [0, 0.1) is 23.3 Å². The molecular formula is C75H44F4N3+3. The average molecular weight is 1060 g/mol. The molecule has 0 saturated carbocycles. The van der Waals surface area contributed by atoms with E-state index in [-0.39, 0.29) is 12.0 Å². The minimum atomic E-state index is -1.54. The van der Waals surface area contributed by atoms with E-state index in [9.17, 15) is 0 Å². The topological polar surface area (TPSA) is 11.6 Å². The van der Waals surface area contributed by atoms with Crippen LogP contribution >= 0.6 is 0 Å². The van der Waals surface area contributed by atoms with Crippen LogP contribution in [-0.2, 0) is 23.0 Å². The van der Waals surface area contributed by atoms with Crippen molar-refractivity contribution in [1.82, 2.24) is 0 Å². The molecule has 9 heterocycles. The summed E-state index contributed by atoms with van der Waals surface area (Å²) in [6.45, 7) is 5.30. The average Bonchev–Trinajstić information content (AvgIpc) is 1.37. The Hall–Kier alpha value is -10.1. The molecule has 7 heteroatoms. The second kappa shape index (κ2) is 15.8. The van der Waals surface area contributed by atoms with E-state index < -0.39 is 39.9 Å². The first kappa shape index (κ1) is 45.7. The van der Waals surface area contributed by atoms with Crippen LogP contribution < -0.4 is 13.7 Å². The number of rotatable bonds is 2. The largest absolute Gasteiger partial charge is 0.240 e. The van der Waals surface area contributed by atoms with Gasteiger partial charge in [-0.15, -0.1) is 0 Å². The number of allylic oxidation sites excluding steroid dienone is 7. The maximum absolute atomic E-state index is 17.7. The molecule has 0 amide bonds. The van der Waals surface area contributed by atoms with Crippen LogP contribution in [0.5, 0.6) is 0 Å². The zero-order valence-corrected chi connectivity index (χ0v) is 43.9. The Bertz CT molecular complexity index is 4910. The molecule has 0 radical (unpaired) electrons. The van der Waals surface area contributed by atoms with Crippen molar-refractivity contribution < 1.29 is 31.3 Å². The van der Waals surface area contributed by atoms with Crippen molar-refractivity contribution in [1.29, 1.82) is 0 Å². The van der Waals surface area contributed by atoms with Gasteiger partial charge in [0.05, 0.1) is 27.8 Å². The van der Waals surface area contributed by atoms with Gasteiger partial charge in [-0.05, 0) is 91.5 Å². The highest BCUT2D eigenvalue weighted by Crippen LogP contribution is 2.62. The molecule has 0 fully saturated rings. The summed E-state index contributed by atoms with van der Waals surface area (Å²) in [6, 6.07) is 68.2. The summed E-state index contributed by atoms with van der Waals surface area (Å²) in [5.41, 5.74) is 16.8. The van der Waals surface area contributed by atoms with Gasteiger partial charge in [-0.3, -0.25) is 0 Å². The van der Waals surface area contributed by atoms with E-state index in [1.165, 1.54) is 12.1 Å². The van der Waals surface area contributed by atoms with Crippen LogP contribution in [0.1, 0.15) is 33.4 Å². The summed E-state index contributed by atoms with van der Waals surface area (Å²) in [4.78, 5) is 0. The van der Waals surface area contributed by atoms with Gasteiger partial charge in [-0.1, -0.05) is 152 Å². The van der Waals surface area contributed by atoms with E-state index in [2.05, 4.69) is 196 Å². The molecule has 0 saturated heterocycles. The molecule has 0 N–H and O–H groups in total. The Labute approximate surface area is 470 Å². The first-order chi connectivity index (χ1) is 40.1. The minimum absolute atomic E-state index is 0.0988. The summed E-state index contributed by atoms with van der Waals surface area (Å²) < 4.78 is 75.0. The molecule has 384 valence electrons.